The molecular weight excluding hydrogens is 120 g/mol. The molecule has 0 bridgehead atoms. The fourth-order valence-corrected chi connectivity index (χ4v) is 0.276. The Morgan fingerprint density at radius 2 is 2.33 bits per heavy atom. The molecule has 2 N–H and O–H groups in total. The molecule has 0 fully saturated rings. The van der Waals surface area contributed by atoms with Gasteiger partial charge in [0.15, 0.2) is 0 Å². The minimum absolute atomic E-state index is 0.0220. The lowest BCUT2D eigenvalue weighted by Crippen LogP contribution is -2.25. The highest BCUT2D eigenvalue weighted by Gasteiger charge is 2.10. The fourth-order valence-electron chi connectivity index (χ4n) is 0.276. The summed E-state index contributed by atoms with van der Waals surface area (Å²) in [5.41, 5.74) is 4.58. The summed E-state index contributed by atoms with van der Waals surface area (Å²) < 4.78 is 0.125. The minimum Gasteiger partial charge on any atom is -0.248 e. The Morgan fingerprint density at radius 3 is 2.67 bits per heavy atom. The molecule has 0 heterocycles. The number of nitrogens with zero attached hydrogens (tertiary/aromatic N) is 1. The molecule has 0 atom stereocenters. The molecular formula is C5H7N2O2+. The summed E-state index contributed by atoms with van der Waals surface area (Å²) in [6, 6.07) is -0.995. The monoisotopic (exact) mass is 127 g/mol. The third-order valence-electron chi connectivity index (χ3n) is 0.705. The van der Waals surface area contributed by atoms with E-state index < -0.39 is 6.03 Å². The SMILES string of the molecule is C#CCC[N+](=O)C(N)=O. The first-order valence-corrected chi connectivity index (χ1v) is 2.36. The average Bonchev–Trinajstić information content (AvgIpc) is 1.82. The lowest BCUT2D eigenvalue weighted by Gasteiger charge is -1.83. The van der Waals surface area contributed by atoms with Gasteiger partial charge in [0.2, 0.25) is 0 Å². The number of terminal acetylenes is 1. The van der Waals surface area contributed by atoms with Crippen LogP contribution in [0.25, 0.3) is 0 Å². The van der Waals surface area contributed by atoms with Crippen LogP contribution in [0.3, 0.4) is 0 Å². The zero-order valence-corrected chi connectivity index (χ0v) is 4.83. The number of nitrogens with two attached hydrogens (primary N) is 1. The van der Waals surface area contributed by atoms with E-state index in [0.29, 0.717) is 0 Å². The van der Waals surface area contributed by atoms with Gasteiger partial charge in [0.05, 0.1) is 6.42 Å². The Hall–Kier alpha value is -1.37. The van der Waals surface area contributed by atoms with Crippen molar-refractivity contribution >= 4 is 6.03 Å². The van der Waals surface area contributed by atoms with Crippen LogP contribution in [0.15, 0.2) is 0 Å². The molecule has 0 saturated carbocycles. The summed E-state index contributed by atoms with van der Waals surface area (Å²) in [5, 5.41) is 0. The van der Waals surface area contributed by atoms with Crippen molar-refractivity contribution in [2.24, 2.45) is 5.73 Å². The molecule has 0 aliphatic rings. The number of carbonyl (C=O) groups is 1. The molecule has 2 amide bonds. The van der Waals surface area contributed by atoms with Crippen LogP contribution in [0.1, 0.15) is 6.42 Å². The van der Waals surface area contributed by atoms with Crippen LogP contribution in [0.5, 0.6) is 0 Å². The summed E-state index contributed by atoms with van der Waals surface area (Å²) in [6.07, 6.45) is 5.05. The normalized spacial score (nSPS) is 7.89. The molecule has 0 rings (SSSR count). The average molecular weight is 127 g/mol. The lowest BCUT2D eigenvalue weighted by molar-refractivity contribution is -0.446. The Kier molecular flexibility index (Phi) is 3.06. The maximum Gasteiger partial charge on any atom is 0.527 e. The van der Waals surface area contributed by atoms with E-state index in [9.17, 15) is 9.70 Å². The minimum atomic E-state index is -0.995. The van der Waals surface area contributed by atoms with Crippen molar-refractivity contribution in [1.82, 2.24) is 0 Å². The second-order valence-electron chi connectivity index (χ2n) is 1.39. The first kappa shape index (κ1) is 7.63. The maximum atomic E-state index is 10.2. The van der Waals surface area contributed by atoms with Crippen molar-refractivity contribution in [3.8, 4) is 12.3 Å². The number of hydrogen-bond acceptors (Lipinski definition) is 2. The Bertz CT molecular complexity index is 168. The number of primary amides is 1. The molecule has 0 aromatic carbocycles. The predicted molar refractivity (Wildman–Crippen MR) is 31.5 cm³/mol. The molecule has 48 valence electrons. The predicted octanol–water partition coefficient (Wildman–Crippen LogP) is -0.133. The summed E-state index contributed by atoms with van der Waals surface area (Å²) in [4.78, 5) is 20.2. The van der Waals surface area contributed by atoms with Gasteiger partial charge in [-0.25, -0.2) is 5.73 Å². The molecule has 0 radical (unpaired) electrons. The van der Waals surface area contributed by atoms with Gasteiger partial charge < -0.3 is 0 Å². The molecule has 9 heavy (non-hydrogen) atoms. The zero-order chi connectivity index (χ0) is 7.28. The highest BCUT2D eigenvalue weighted by atomic mass is 16.3. The summed E-state index contributed by atoms with van der Waals surface area (Å²) >= 11 is 0. The third-order valence-corrected chi connectivity index (χ3v) is 0.705. The van der Waals surface area contributed by atoms with Crippen LogP contribution in [-0.2, 0) is 0 Å². The van der Waals surface area contributed by atoms with Crippen LogP contribution < -0.4 is 5.73 Å². The van der Waals surface area contributed by atoms with Crippen molar-refractivity contribution in [3.63, 3.8) is 0 Å². The first-order valence-electron chi connectivity index (χ1n) is 2.36. The van der Waals surface area contributed by atoms with Gasteiger partial charge >= 0.3 is 6.03 Å². The Morgan fingerprint density at radius 1 is 1.78 bits per heavy atom. The van der Waals surface area contributed by atoms with E-state index in [1.54, 1.807) is 0 Å². The summed E-state index contributed by atoms with van der Waals surface area (Å²) in [7, 11) is 0. The van der Waals surface area contributed by atoms with Crippen molar-refractivity contribution in [3.05, 3.63) is 4.91 Å². The summed E-state index contributed by atoms with van der Waals surface area (Å²) in [6.45, 7) is -0.0220. The van der Waals surface area contributed by atoms with E-state index in [1.807, 2.05) is 0 Å². The number of rotatable bonds is 2. The standard InChI is InChI=1S/C5H6N2O2/c1-2-3-4-7(9)5(6)8/h1H,3-4H2,(H-,6,8)/p+1. The van der Waals surface area contributed by atoms with Gasteiger partial charge in [0.25, 0.3) is 0 Å². The van der Waals surface area contributed by atoms with Gasteiger partial charge in [-0.15, -0.1) is 12.3 Å². The van der Waals surface area contributed by atoms with Crippen LogP contribution in [0.4, 0.5) is 4.79 Å². The van der Waals surface area contributed by atoms with Gasteiger partial charge in [-0.1, -0.05) is 4.91 Å². The number of urea groups is 1. The zero-order valence-electron chi connectivity index (χ0n) is 4.83. The Labute approximate surface area is 52.6 Å². The molecule has 0 aliphatic carbocycles. The van der Waals surface area contributed by atoms with E-state index in [-0.39, 0.29) is 17.7 Å². The van der Waals surface area contributed by atoms with Crippen molar-refractivity contribution in [1.29, 1.82) is 0 Å². The van der Waals surface area contributed by atoms with Gasteiger partial charge in [0, 0.05) is 4.76 Å². The van der Waals surface area contributed by atoms with Crippen molar-refractivity contribution < 1.29 is 9.55 Å². The smallest absolute Gasteiger partial charge is 0.248 e. The van der Waals surface area contributed by atoms with E-state index in [1.165, 1.54) is 0 Å². The molecule has 0 spiro atoms. The van der Waals surface area contributed by atoms with Crippen molar-refractivity contribution in [2.75, 3.05) is 6.54 Å². The van der Waals surface area contributed by atoms with Crippen LogP contribution in [0.2, 0.25) is 0 Å². The van der Waals surface area contributed by atoms with Gasteiger partial charge in [-0.2, -0.15) is 4.79 Å². The lowest BCUT2D eigenvalue weighted by atomic mass is 10.4. The summed E-state index contributed by atoms with van der Waals surface area (Å²) in [5.74, 6) is 2.20. The molecule has 0 aromatic rings. The highest BCUT2D eigenvalue weighted by molar-refractivity contribution is 5.61. The van der Waals surface area contributed by atoms with Crippen molar-refractivity contribution in [2.45, 2.75) is 6.42 Å². The maximum absolute atomic E-state index is 10.2. The van der Waals surface area contributed by atoms with Crippen LogP contribution in [-0.4, -0.2) is 17.3 Å². The molecule has 0 aliphatic heterocycles. The quantitative estimate of drug-likeness (QED) is 0.414. The van der Waals surface area contributed by atoms with Gasteiger partial charge in [-0.3, -0.25) is 0 Å². The highest BCUT2D eigenvalue weighted by Crippen LogP contribution is 1.77. The molecule has 0 saturated heterocycles. The van der Waals surface area contributed by atoms with E-state index >= 15 is 0 Å². The first-order chi connectivity index (χ1) is 4.18. The van der Waals surface area contributed by atoms with E-state index in [4.69, 9.17) is 6.42 Å². The number of amides is 2. The third kappa shape index (κ3) is 3.23. The molecule has 4 nitrogen and oxygen atoms in total. The molecule has 0 unspecified atom stereocenters. The fraction of sp³-hybridized carbons (Fsp3) is 0.400. The van der Waals surface area contributed by atoms with E-state index in [2.05, 4.69) is 11.7 Å². The van der Waals surface area contributed by atoms with Crippen LogP contribution >= 0.6 is 0 Å². The number of hydrogen-bond donors (Lipinski definition) is 1. The van der Waals surface area contributed by atoms with E-state index in [0.717, 1.165) is 0 Å². The largest absolute Gasteiger partial charge is 0.527 e. The van der Waals surface area contributed by atoms with Crippen LogP contribution in [0, 0.1) is 17.3 Å². The number of nitroso groups, excluding NO2 is 1. The second kappa shape index (κ2) is 3.61. The molecule has 4 heteroatoms. The number of carbonyl (C=O) groups excluding carboxylic acids is 1. The topological polar surface area (TPSA) is 63.2 Å². The Balaban J connectivity index is 3.55. The second-order valence-corrected chi connectivity index (χ2v) is 1.39. The van der Waals surface area contributed by atoms with Gasteiger partial charge in [-0.05, 0) is 0 Å². The van der Waals surface area contributed by atoms with Gasteiger partial charge in [0.1, 0.15) is 6.54 Å². The molecule has 0 aromatic heterocycles.